The van der Waals surface area contributed by atoms with E-state index in [2.05, 4.69) is 15.5 Å². The molecule has 158 valence electrons. The van der Waals surface area contributed by atoms with Gasteiger partial charge in [-0.15, -0.1) is 0 Å². The van der Waals surface area contributed by atoms with E-state index in [4.69, 9.17) is 21.7 Å². The average Bonchev–Trinajstić information content (AvgIpc) is 3.25. The topological polar surface area (TPSA) is 81.2 Å². The van der Waals surface area contributed by atoms with Crippen LogP contribution in [0.4, 0.5) is 4.79 Å². The van der Waals surface area contributed by atoms with Gasteiger partial charge in [0.1, 0.15) is 5.60 Å². The maximum Gasteiger partial charge on any atom is 0.408 e. The monoisotopic (exact) mass is 410 g/mol. The summed E-state index contributed by atoms with van der Waals surface area (Å²) in [6.07, 6.45) is 8.91. The maximum atomic E-state index is 12.5. The molecule has 1 saturated carbocycles. The standard InChI is InChI=1S/C20H34N4O3S/c1-20(2,3)27-19(25)21-16(12-14-8-5-4-6-9-14)17-22-23-18(28)24(17)13-15-10-7-11-26-15/h14-16H,4-13H2,1-3H3,(H,21,25)(H,23,28)/t15?,16-/m0/s1. The molecule has 2 atom stereocenters. The second-order valence-corrected chi connectivity index (χ2v) is 9.46. The third-order valence-corrected chi connectivity index (χ3v) is 5.81. The molecule has 1 saturated heterocycles. The molecule has 1 unspecified atom stereocenters. The van der Waals surface area contributed by atoms with E-state index >= 15 is 0 Å². The lowest BCUT2D eigenvalue weighted by Gasteiger charge is -2.28. The second-order valence-electron chi connectivity index (χ2n) is 9.07. The predicted octanol–water partition coefficient (Wildman–Crippen LogP) is 4.66. The van der Waals surface area contributed by atoms with E-state index in [0.717, 1.165) is 31.7 Å². The quantitative estimate of drug-likeness (QED) is 0.667. The van der Waals surface area contributed by atoms with Gasteiger partial charge < -0.3 is 14.8 Å². The summed E-state index contributed by atoms with van der Waals surface area (Å²) in [6.45, 7) is 7.08. The second kappa shape index (κ2) is 9.39. The smallest absolute Gasteiger partial charge is 0.408 e. The van der Waals surface area contributed by atoms with Gasteiger partial charge in [0.15, 0.2) is 10.6 Å². The molecule has 7 nitrogen and oxygen atoms in total. The van der Waals surface area contributed by atoms with Gasteiger partial charge >= 0.3 is 6.09 Å². The van der Waals surface area contributed by atoms with Crippen LogP contribution in [0.1, 0.15) is 84.0 Å². The molecule has 0 bridgehead atoms. The molecule has 1 amide bonds. The van der Waals surface area contributed by atoms with Crippen molar-refractivity contribution in [3.05, 3.63) is 10.6 Å². The fraction of sp³-hybridized carbons (Fsp3) is 0.850. The Morgan fingerprint density at radius 3 is 2.71 bits per heavy atom. The van der Waals surface area contributed by atoms with E-state index in [-0.39, 0.29) is 12.1 Å². The van der Waals surface area contributed by atoms with Crippen molar-refractivity contribution in [2.24, 2.45) is 5.92 Å². The summed E-state index contributed by atoms with van der Waals surface area (Å²) in [7, 11) is 0. The molecule has 2 aliphatic rings. The zero-order chi connectivity index (χ0) is 20.1. The molecule has 0 aromatic carbocycles. The Kier molecular flexibility index (Phi) is 7.15. The van der Waals surface area contributed by atoms with Crippen molar-refractivity contribution in [3.8, 4) is 0 Å². The summed E-state index contributed by atoms with van der Waals surface area (Å²) in [5.74, 6) is 1.35. The highest BCUT2D eigenvalue weighted by atomic mass is 32.1. The third-order valence-electron chi connectivity index (χ3n) is 5.49. The van der Waals surface area contributed by atoms with Crippen LogP contribution in [0.25, 0.3) is 0 Å². The molecule has 3 rings (SSSR count). The van der Waals surface area contributed by atoms with E-state index in [0.29, 0.717) is 17.2 Å². The number of nitrogens with zero attached hydrogens (tertiary/aromatic N) is 2. The van der Waals surface area contributed by atoms with E-state index in [1.54, 1.807) is 0 Å². The lowest BCUT2D eigenvalue weighted by atomic mass is 9.84. The van der Waals surface area contributed by atoms with Crippen LogP contribution in [0.3, 0.4) is 0 Å². The van der Waals surface area contributed by atoms with Gasteiger partial charge in [0, 0.05) is 6.61 Å². The summed E-state index contributed by atoms with van der Waals surface area (Å²) in [6, 6.07) is -0.229. The summed E-state index contributed by atoms with van der Waals surface area (Å²) < 4.78 is 13.9. The van der Waals surface area contributed by atoms with Gasteiger partial charge in [-0.05, 0) is 58.2 Å². The maximum absolute atomic E-state index is 12.5. The van der Waals surface area contributed by atoms with Crippen LogP contribution in [0.5, 0.6) is 0 Å². The number of H-pyrrole nitrogens is 1. The fourth-order valence-electron chi connectivity index (χ4n) is 4.20. The molecule has 28 heavy (non-hydrogen) atoms. The Bertz CT molecular complexity index is 697. The summed E-state index contributed by atoms with van der Waals surface area (Å²) in [5.41, 5.74) is -0.540. The van der Waals surface area contributed by atoms with Crippen molar-refractivity contribution in [2.45, 2.75) is 96.4 Å². The highest BCUT2D eigenvalue weighted by Crippen LogP contribution is 2.32. The van der Waals surface area contributed by atoms with Gasteiger partial charge in [-0.3, -0.25) is 9.67 Å². The molecule has 1 aliphatic carbocycles. The highest BCUT2D eigenvalue weighted by molar-refractivity contribution is 7.71. The summed E-state index contributed by atoms with van der Waals surface area (Å²) >= 11 is 5.48. The SMILES string of the molecule is CC(C)(C)OC(=O)N[C@@H](CC1CCCCC1)c1n[nH]c(=S)n1CC1CCCO1. The zero-order valence-electron chi connectivity index (χ0n) is 17.3. The van der Waals surface area contributed by atoms with Crippen LogP contribution in [-0.4, -0.2) is 39.2 Å². The lowest BCUT2D eigenvalue weighted by Crippen LogP contribution is -2.37. The number of amides is 1. The minimum Gasteiger partial charge on any atom is -0.444 e. The Morgan fingerprint density at radius 1 is 1.32 bits per heavy atom. The molecule has 0 radical (unpaired) electrons. The van der Waals surface area contributed by atoms with E-state index in [9.17, 15) is 4.79 Å². The average molecular weight is 411 g/mol. The molecule has 1 aromatic heterocycles. The molecule has 1 aromatic rings. The number of aromatic nitrogens is 3. The van der Waals surface area contributed by atoms with Crippen molar-refractivity contribution in [1.82, 2.24) is 20.1 Å². The fourth-order valence-corrected chi connectivity index (χ4v) is 4.41. The number of hydrogen-bond acceptors (Lipinski definition) is 5. The van der Waals surface area contributed by atoms with Gasteiger partial charge in [0.2, 0.25) is 0 Å². The Labute approximate surface area is 172 Å². The van der Waals surface area contributed by atoms with Gasteiger partial charge in [-0.2, -0.15) is 5.10 Å². The number of aromatic amines is 1. The molecule has 2 heterocycles. The van der Waals surface area contributed by atoms with Crippen molar-refractivity contribution < 1.29 is 14.3 Å². The van der Waals surface area contributed by atoms with Crippen molar-refractivity contribution in [2.75, 3.05) is 6.61 Å². The molecule has 0 spiro atoms. The van der Waals surface area contributed by atoms with E-state index < -0.39 is 11.7 Å². The number of rotatable bonds is 6. The molecule has 2 fully saturated rings. The third kappa shape index (κ3) is 6.04. The van der Waals surface area contributed by atoms with Crippen molar-refractivity contribution in [3.63, 3.8) is 0 Å². The largest absolute Gasteiger partial charge is 0.444 e. The van der Waals surface area contributed by atoms with Gasteiger partial charge in [0.25, 0.3) is 0 Å². The molecule has 2 N–H and O–H groups in total. The number of carbonyl (C=O) groups excluding carboxylic acids is 1. The summed E-state index contributed by atoms with van der Waals surface area (Å²) in [5, 5.41) is 10.5. The minimum absolute atomic E-state index is 0.153. The molecular weight excluding hydrogens is 376 g/mol. The first-order chi connectivity index (χ1) is 13.3. The first-order valence-electron chi connectivity index (χ1n) is 10.6. The van der Waals surface area contributed by atoms with Crippen LogP contribution < -0.4 is 5.32 Å². The van der Waals surface area contributed by atoms with E-state index in [1.165, 1.54) is 32.1 Å². The van der Waals surface area contributed by atoms with E-state index in [1.807, 2.05) is 25.3 Å². The van der Waals surface area contributed by atoms with Gasteiger partial charge in [-0.1, -0.05) is 32.1 Å². The Hall–Kier alpha value is -1.41. The minimum atomic E-state index is -0.540. The van der Waals surface area contributed by atoms with Crippen LogP contribution in [0.15, 0.2) is 0 Å². The number of ether oxygens (including phenoxy) is 2. The number of nitrogens with one attached hydrogen (secondary N) is 2. The summed E-state index contributed by atoms with van der Waals surface area (Å²) in [4.78, 5) is 12.5. The van der Waals surface area contributed by atoms with Crippen molar-refractivity contribution >= 4 is 18.3 Å². The zero-order valence-corrected chi connectivity index (χ0v) is 18.1. The number of alkyl carbamates (subject to hydrolysis) is 1. The first-order valence-corrected chi connectivity index (χ1v) is 11.0. The highest BCUT2D eigenvalue weighted by Gasteiger charge is 2.29. The predicted molar refractivity (Wildman–Crippen MR) is 110 cm³/mol. The van der Waals surface area contributed by atoms with Crippen LogP contribution in [0.2, 0.25) is 0 Å². The Balaban J connectivity index is 1.78. The van der Waals surface area contributed by atoms with Crippen molar-refractivity contribution in [1.29, 1.82) is 0 Å². The molecular formula is C20H34N4O3S. The molecule has 8 heteroatoms. The Morgan fingerprint density at radius 2 is 2.07 bits per heavy atom. The molecule has 1 aliphatic heterocycles. The number of carbonyl (C=O) groups is 1. The van der Waals surface area contributed by atoms with Crippen LogP contribution >= 0.6 is 12.2 Å². The van der Waals surface area contributed by atoms with Crippen LogP contribution in [0, 0.1) is 10.7 Å². The van der Waals surface area contributed by atoms with Gasteiger partial charge in [0.05, 0.1) is 18.7 Å². The number of hydrogen-bond donors (Lipinski definition) is 2. The first kappa shape index (κ1) is 21.3. The lowest BCUT2D eigenvalue weighted by molar-refractivity contribution is 0.0488. The van der Waals surface area contributed by atoms with Crippen LogP contribution in [-0.2, 0) is 16.0 Å². The van der Waals surface area contributed by atoms with Gasteiger partial charge in [-0.25, -0.2) is 4.79 Å². The normalized spacial score (nSPS) is 22.2.